The van der Waals surface area contributed by atoms with Crippen molar-refractivity contribution in [3.05, 3.63) is 65.0 Å². The van der Waals surface area contributed by atoms with Crippen LogP contribution in [0.15, 0.2) is 54.6 Å². The average Bonchev–Trinajstić information content (AvgIpc) is 3.00. The summed E-state index contributed by atoms with van der Waals surface area (Å²) in [5.41, 5.74) is 4.77. The van der Waals surface area contributed by atoms with Gasteiger partial charge in [0.25, 0.3) is 0 Å². The van der Waals surface area contributed by atoms with E-state index in [1.165, 1.54) is 21.6 Å². The highest BCUT2D eigenvalue weighted by atomic mass is 35.5. The van der Waals surface area contributed by atoms with Crippen LogP contribution in [0.1, 0.15) is 17.4 Å². The number of nitrogens with zero attached hydrogens (tertiary/aromatic N) is 1. The molecule has 0 N–H and O–H groups in total. The van der Waals surface area contributed by atoms with Crippen molar-refractivity contribution in [2.75, 3.05) is 5.88 Å². The molecule has 0 aliphatic carbocycles. The van der Waals surface area contributed by atoms with Gasteiger partial charge in [0.1, 0.15) is 5.01 Å². The highest BCUT2D eigenvalue weighted by Crippen LogP contribution is 2.34. The molecule has 3 aromatic rings. The second-order valence-electron chi connectivity index (χ2n) is 5.15. The molecule has 22 heavy (non-hydrogen) atoms. The zero-order valence-corrected chi connectivity index (χ0v) is 14.1. The van der Waals surface area contributed by atoms with Gasteiger partial charge in [-0.05, 0) is 18.4 Å². The maximum absolute atomic E-state index is 5.98. The topological polar surface area (TPSA) is 12.9 Å². The fourth-order valence-electron chi connectivity index (χ4n) is 2.44. The number of aryl methyl sites for hydroxylation is 2. The number of thiazole rings is 1. The van der Waals surface area contributed by atoms with Crippen LogP contribution in [0.5, 0.6) is 0 Å². The van der Waals surface area contributed by atoms with Crippen molar-refractivity contribution in [1.82, 2.24) is 4.98 Å². The van der Waals surface area contributed by atoms with Crippen LogP contribution < -0.4 is 0 Å². The second kappa shape index (κ2) is 7.08. The number of benzene rings is 2. The second-order valence-corrected chi connectivity index (χ2v) is 6.61. The summed E-state index contributed by atoms with van der Waals surface area (Å²) in [6.07, 6.45) is 1.91. The molecule has 0 bridgehead atoms. The third kappa shape index (κ3) is 3.23. The minimum atomic E-state index is 0.621. The van der Waals surface area contributed by atoms with E-state index in [4.69, 9.17) is 16.6 Å². The van der Waals surface area contributed by atoms with Crippen LogP contribution >= 0.6 is 22.9 Å². The lowest BCUT2D eigenvalue weighted by Crippen LogP contribution is -1.88. The smallest absolute Gasteiger partial charge is 0.124 e. The van der Waals surface area contributed by atoms with Crippen molar-refractivity contribution in [2.45, 2.75) is 19.8 Å². The van der Waals surface area contributed by atoms with E-state index in [1.807, 2.05) is 18.2 Å². The zero-order valence-electron chi connectivity index (χ0n) is 12.6. The molecule has 0 aliphatic rings. The first kappa shape index (κ1) is 15.3. The van der Waals surface area contributed by atoms with Crippen LogP contribution in [-0.4, -0.2) is 10.9 Å². The Labute approximate surface area is 140 Å². The largest absolute Gasteiger partial charge is 0.236 e. The number of rotatable bonds is 5. The normalized spacial score (nSPS) is 10.8. The van der Waals surface area contributed by atoms with E-state index in [0.29, 0.717) is 5.88 Å². The van der Waals surface area contributed by atoms with E-state index in [9.17, 15) is 0 Å². The van der Waals surface area contributed by atoms with E-state index in [1.54, 1.807) is 11.3 Å². The average molecular weight is 328 g/mol. The molecule has 2 aromatic carbocycles. The highest BCUT2D eigenvalue weighted by Gasteiger charge is 2.13. The van der Waals surface area contributed by atoms with Crippen molar-refractivity contribution < 1.29 is 0 Å². The van der Waals surface area contributed by atoms with Gasteiger partial charge in [0, 0.05) is 21.9 Å². The van der Waals surface area contributed by atoms with Crippen molar-refractivity contribution in [3.8, 4) is 21.8 Å². The molecule has 0 radical (unpaired) electrons. The maximum Gasteiger partial charge on any atom is 0.124 e. The molecule has 0 unspecified atom stereocenters. The van der Waals surface area contributed by atoms with Crippen LogP contribution in [-0.2, 0) is 12.8 Å². The Bertz CT molecular complexity index is 732. The lowest BCUT2D eigenvalue weighted by molar-refractivity contribution is 1.14. The first-order chi connectivity index (χ1) is 10.8. The molecule has 0 amide bonds. The Morgan fingerprint density at radius 3 is 2.32 bits per heavy atom. The fourth-order valence-corrected chi connectivity index (χ4v) is 3.82. The number of hydrogen-bond donors (Lipinski definition) is 0. The Kier molecular flexibility index (Phi) is 4.91. The molecular formula is C19H18ClNS. The van der Waals surface area contributed by atoms with Gasteiger partial charge in [-0.3, -0.25) is 0 Å². The Balaban J connectivity index is 2.03. The third-order valence-corrected chi connectivity index (χ3v) is 5.03. The lowest BCUT2D eigenvalue weighted by Gasteiger charge is -2.02. The third-order valence-electron chi connectivity index (χ3n) is 3.68. The van der Waals surface area contributed by atoms with Crippen LogP contribution in [0.3, 0.4) is 0 Å². The Hall–Kier alpha value is -1.64. The standard InChI is InChI=1S/C19H18ClNS/c1-2-14-8-10-15(11-9-14)18-17(12-13-20)22-19(21-18)16-6-4-3-5-7-16/h3-11H,2,12-13H2,1H3. The zero-order chi connectivity index (χ0) is 15.4. The Morgan fingerprint density at radius 1 is 0.955 bits per heavy atom. The molecule has 0 aliphatic heterocycles. The molecule has 0 atom stereocenters. The lowest BCUT2D eigenvalue weighted by atomic mass is 10.1. The van der Waals surface area contributed by atoms with Crippen molar-refractivity contribution >= 4 is 22.9 Å². The first-order valence-electron chi connectivity index (χ1n) is 7.52. The monoisotopic (exact) mass is 327 g/mol. The highest BCUT2D eigenvalue weighted by molar-refractivity contribution is 7.15. The summed E-state index contributed by atoms with van der Waals surface area (Å²) < 4.78 is 0. The van der Waals surface area contributed by atoms with Crippen LogP contribution in [0.4, 0.5) is 0 Å². The summed E-state index contributed by atoms with van der Waals surface area (Å²) in [4.78, 5) is 6.15. The van der Waals surface area contributed by atoms with Gasteiger partial charge < -0.3 is 0 Å². The fraction of sp³-hybridized carbons (Fsp3) is 0.211. The molecule has 0 saturated heterocycles. The van der Waals surface area contributed by atoms with E-state index in [-0.39, 0.29) is 0 Å². The quantitative estimate of drug-likeness (QED) is 0.538. The molecule has 112 valence electrons. The summed E-state index contributed by atoms with van der Waals surface area (Å²) in [5.74, 6) is 0.621. The molecule has 0 saturated carbocycles. The molecule has 0 fully saturated rings. The van der Waals surface area contributed by atoms with Gasteiger partial charge in [0.05, 0.1) is 5.69 Å². The number of alkyl halides is 1. The Morgan fingerprint density at radius 2 is 1.68 bits per heavy atom. The number of halogens is 1. The minimum absolute atomic E-state index is 0.621. The van der Waals surface area contributed by atoms with E-state index < -0.39 is 0 Å². The van der Waals surface area contributed by atoms with Crippen LogP contribution in [0, 0.1) is 0 Å². The van der Waals surface area contributed by atoms with Gasteiger partial charge in [-0.1, -0.05) is 61.5 Å². The predicted molar refractivity (Wildman–Crippen MR) is 96.8 cm³/mol. The van der Waals surface area contributed by atoms with Gasteiger partial charge in [0.15, 0.2) is 0 Å². The molecule has 1 aromatic heterocycles. The summed E-state index contributed by atoms with van der Waals surface area (Å²) >= 11 is 7.72. The van der Waals surface area contributed by atoms with Crippen LogP contribution in [0.2, 0.25) is 0 Å². The summed E-state index contributed by atoms with van der Waals surface area (Å²) in [6, 6.07) is 19.0. The van der Waals surface area contributed by atoms with Crippen molar-refractivity contribution in [1.29, 1.82) is 0 Å². The molecule has 3 heteroatoms. The SMILES string of the molecule is CCc1ccc(-c2nc(-c3ccccc3)sc2CCCl)cc1. The molecule has 1 heterocycles. The van der Waals surface area contributed by atoms with E-state index >= 15 is 0 Å². The summed E-state index contributed by atoms with van der Waals surface area (Å²) in [7, 11) is 0. The van der Waals surface area contributed by atoms with Gasteiger partial charge in [-0.15, -0.1) is 22.9 Å². The van der Waals surface area contributed by atoms with Crippen LogP contribution in [0.25, 0.3) is 21.8 Å². The van der Waals surface area contributed by atoms with Gasteiger partial charge in [-0.2, -0.15) is 0 Å². The molecule has 1 nitrogen and oxygen atoms in total. The first-order valence-corrected chi connectivity index (χ1v) is 8.87. The van der Waals surface area contributed by atoms with E-state index in [0.717, 1.165) is 23.5 Å². The minimum Gasteiger partial charge on any atom is -0.236 e. The van der Waals surface area contributed by atoms with Gasteiger partial charge in [0.2, 0.25) is 0 Å². The van der Waals surface area contributed by atoms with Crippen molar-refractivity contribution in [2.24, 2.45) is 0 Å². The van der Waals surface area contributed by atoms with Gasteiger partial charge in [-0.25, -0.2) is 4.98 Å². The summed E-state index contributed by atoms with van der Waals surface area (Å²) in [5, 5.41) is 1.07. The predicted octanol–water partition coefficient (Wildman–Crippen LogP) is 5.82. The molecular weight excluding hydrogens is 310 g/mol. The molecule has 0 spiro atoms. The molecule has 3 rings (SSSR count). The summed E-state index contributed by atoms with van der Waals surface area (Å²) in [6.45, 7) is 2.17. The number of aromatic nitrogens is 1. The van der Waals surface area contributed by atoms with Gasteiger partial charge >= 0.3 is 0 Å². The maximum atomic E-state index is 5.98. The van der Waals surface area contributed by atoms with Crippen molar-refractivity contribution in [3.63, 3.8) is 0 Å². The number of hydrogen-bond acceptors (Lipinski definition) is 2. The van der Waals surface area contributed by atoms with E-state index in [2.05, 4.69) is 43.3 Å².